The molecule has 0 aliphatic heterocycles. The maximum absolute atomic E-state index is 5.49. The smallest absolute Gasteiger partial charge is 0.309 e. The minimum Gasteiger partial charge on any atom is -0.405 e. The number of anilines is 2. The molecule has 0 fully saturated rings. The van der Waals surface area contributed by atoms with E-state index in [4.69, 9.17) is 15.9 Å². The fourth-order valence-corrected chi connectivity index (χ4v) is 0.818. The highest BCUT2D eigenvalue weighted by Crippen LogP contribution is 2.18. The Labute approximate surface area is 56.2 Å². The van der Waals surface area contributed by atoms with Crippen LogP contribution in [0.2, 0.25) is 0 Å². The Hall–Kier alpha value is -1.65. The van der Waals surface area contributed by atoms with Crippen LogP contribution in [0.3, 0.4) is 0 Å². The molecule has 2 aromatic rings. The fraction of sp³-hybridized carbons (Fsp3) is 0. The minimum absolute atomic E-state index is 0.211. The van der Waals surface area contributed by atoms with E-state index in [1.807, 2.05) is 0 Å². The summed E-state index contributed by atoms with van der Waals surface area (Å²) in [5.74, 6) is 1.03. The molecule has 2 aromatic heterocycles. The van der Waals surface area contributed by atoms with Crippen molar-refractivity contribution in [3.8, 4) is 0 Å². The molecule has 5 nitrogen and oxygen atoms in total. The molecule has 0 aliphatic rings. The standard InChI is InChI=1S/C5H6N4O/c6-3-4(7)10-5-8-1-2-9(3)5/h1-2H,6-7H2. The molecule has 2 heterocycles. The molecule has 0 bridgehead atoms. The molecule has 0 aromatic carbocycles. The molecule has 0 atom stereocenters. The monoisotopic (exact) mass is 138 g/mol. The summed E-state index contributed by atoms with van der Waals surface area (Å²) < 4.78 is 6.52. The van der Waals surface area contributed by atoms with Crippen molar-refractivity contribution < 1.29 is 4.42 Å². The lowest BCUT2D eigenvalue weighted by atomic mass is 10.7. The van der Waals surface area contributed by atoms with E-state index in [1.165, 1.54) is 0 Å². The van der Waals surface area contributed by atoms with Crippen LogP contribution in [0.1, 0.15) is 0 Å². The third-order valence-corrected chi connectivity index (χ3v) is 1.32. The lowest BCUT2D eigenvalue weighted by Crippen LogP contribution is -1.93. The van der Waals surface area contributed by atoms with Gasteiger partial charge in [-0.15, -0.1) is 0 Å². The van der Waals surface area contributed by atoms with Gasteiger partial charge >= 0.3 is 5.84 Å². The van der Waals surface area contributed by atoms with E-state index >= 15 is 0 Å². The second kappa shape index (κ2) is 1.44. The van der Waals surface area contributed by atoms with Crippen molar-refractivity contribution in [1.29, 1.82) is 0 Å². The number of aromatic nitrogens is 2. The van der Waals surface area contributed by atoms with E-state index in [0.29, 0.717) is 11.7 Å². The SMILES string of the molecule is Nc1oc2nccn2c1N. The van der Waals surface area contributed by atoms with Gasteiger partial charge in [0, 0.05) is 12.4 Å². The van der Waals surface area contributed by atoms with Gasteiger partial charge in [-0.3, -0.25) is 4.40 Å². The van der Waals surface area contributed by atoms with E-state index < -0.39 is 0 Å². The maximum atomic E-state index is 5.49. The summed E-state index contributed by atoms with van der Waals surface area (Å²) in [5.41, 5.74) is 10.8. The van der Waals surface area contributed by atoms with E-state index in [0.717, 1.165) is 0 Å². The number of nitrogen functional groups attached to an aromatic ring is 2. The Balaban J connectivity index is 2.95. The van der Waals surface area contributed by atoms with E-state index in [-0.39, 0.29) is 5.88 Å². The van der Waals surface area contributed by atoms with Gasteiger partial charge in [-0.25, -0.2) is 4.98 Å². The van der Waals surface area contributed by atoms with Crippen LogP contribution in [0.15, 0.2) is 16.8 Å². The molecule has 0 aliphatic carbocycles. The molecule has 52 valence electrons. The first-order valence-corrected chi connectivity index (χ1v) is 2.76. The van der Waals surface area contributed by atoms with Gasteiger partial charge in [-0.2, -0.15) is 0 Å². The first-order valence-electron chi connectivity index (χ1n) is 2.76. The summed E-state index contributed by atoms with van der Waals surface area (Å²) in [6.45, 7) is 0. The predicted molar refractivity (Wildman–Crippen MR) is 36.3 cm³/mol. The number of hydrogen-bond donors (Lipinski definition) is 2. The van der Waals surface area contributed by atoms with Crippen molar-refractivity contribution in [2.24, 2.45) is 0 Å². The van der Waals surface area contributed by atoms with Gasteiger partial charge in [-0.05, 0) is 0 Å². The Morgan fingerprint density at radius 3 is 3.00 bits per heavy atom. The number of oxazole rings is 1. The third-order valence-electron chi connectivity index (χ3n) is 1.32. The van der Waals surface area contributed by atoms with Crippen LogP contribution in [0.4, 0.5) is 11.7 Å². The van der Waals surface area contributed by atoms with Gasteiger partial charge in [0.1, 0.15) is 0 Å². The minimum atomic E-state index is 0.211. The zero-order valence-electron chi connectivity index (χ0n) is 5.11. The van der Waals surface area contributed by atoms with Crippen molar-refractivity contribution >= 4 is 17.5 Å². The summed E-state index contributed by atoms with van der Waals surface area (Å²) in [4.78, 5) is 3.84. The van der Waals surface area contributed by atoms with Gasteiger partial charge in [-0.1, -0.05) is 0 Å². The lowest BCUT2D eigenvalue weighted by molar-refractivity contribution is 0.615. The summed E-state index contributed by atoms with van der Waals surface area (Å²) in [6, 6.07) is 0. The molecule has 5 heteroatoms. The summed E-state index contributed by atoms with van der Waals surface area (Å²) in [6.07, 6.45) is 3.28. The lowest BCUT2D eigenvalue weighted by Gasteiger charge is -1.84. The molecule has 0 unspecified atom stereocenters. The number of hydrogen-bond acceptors (Lipinski definition) is 4. The topological polar surface area (TPSA) is 82.5 Å². The quantitative estimate of drug-likeness (QED) is 0.540. The molecular weight excluding hydrogens is 132 g/mol. The number of imidazole rings is 1. The highest BCUT2D eigenvalue weighted by molar-refractivity contribution is 5.56. The Morgan fingerprint density at radius 1 is 1.50 bits per heavy atom. The van der Waals surface area contributed by atoms with Crippen molar-refractivity contribution in [2.75, 3.05) is 11.5 Å². The second-order valence-corrected chi connectivity index (χ2v) is 1.93. The largest absolute Gasteiger partial charge is 0.405 e. The first-order chi connectivity index (χ1) is 4.79. The molecule has 0 saturated carbocycles. The molecular formula is C5H6N4O. The van der Waals surface area contributed by atoms with Crippen molar-refractivity contribution in [1.82, 2.24) is 9.38 Å². The molecule has 2 rings (SSSR count). The van der Waals surface area contributed by atoms with Gasteiger partial charge in [0.05, 0.1) is 0 Å². The van der Waals surface area contributed by atoms with E-state index in [2.05, 4.69) is 4.98 Å². The van der Waals surface area contributed by atoms with Gasteiger partial charge in [0.15, 0.2) is 5.82 Å². The predicted octanol–water partition coefficient (Wildman–Crippen LogP) is 0.0917. The molecule has 10 heavy (non-hydrogen) atoms. The molecule has 4 N–H and O–H groups in total. The van der Waals surface area contributed by atoms with E-state index in [1.54, 1.807) is 16.8 Å². The van der Waals surface area contributed by atoms with Crippen molar-refractivity contribution in [3.05, 3.63) is 12.4 Å². The second-order valence-electron chi connectivity index (χ2n) is 1.93. The Morgan fingerprint density at radius 2 is 2.30 bits per heavy atom. The fourth-order valence-electron chi connectivity index (χ4n) is 0.818. The van der Waals surface area contributed by atoms with Crippen LogP contribution in [0.25, 0.3) is 5.84 Å². The Kier molecular flexibility index (Phi) is 0.743. The van der Waals surface area contributed by atoms with Crippen LogP contribution < -0.4 is 11.5 Å². The van der Waals surface area contributed by atoms with Gasteiger partial charge in [0.2, 0.25) is 5.88 Å². The van der Waals surface area contributed by atoms with Crippen LogP contribution >= 0.6 is 0 Å². The van der Waals surface area contributed by atoms with Crippen molar-refractivity contribution in [3.63, 3.8) is 0 Å². The molecule has 0 spiro atoms. The normalized spacial score (nSPS) is 10.8. The van der Waals surface area contributed by atoms with Crippen LogP contribution in [0, 0.1) is 0 Å². The highest BCUT2D eigenvalue weighted by Gasteiger charge is 2.06. The molecule has 0 radical (unpaired) electrons. The number of nitrogens with zero attached hydrogens (tertiary/aromatic N) is 2. The van der Waals surface area contributed by atoms with Gasteiger partial charge < -0.3 is 15.9 Å². The number of nitrogens with two attached hydrogens (primary N) is 2. The average molecular weight is 138 g/mol. The van der Waals surface area contributed by atoms with Crippen LogP contribution in [0.5, 0.6) is 0 Å². The van der Waals surface area contributed by atoms with Crippen molar-refractivity contribution in [2.45, 2.75) is 0 Å². The summed E-state index contributed by atoms with van der Waals surface area (Å²) in [7, 11) is 0. The van der Waals surface area contributed by atoms with Gasteiger partial charge in [0.25, 0.3) is 0 Å². The van der Waals surface area contributed by atoms with Crippen LogP contribution in [-0.4, -0.2) is 9.38 Å². The summed E-state index contributed by atoms with van der Waals surface area (Å²) in [5, 5.41) is 0. The number of rotatable bonds is 0. The zero-order valence-corrected chi connectivity index (χ0v) is 5.11. The third kappa shape index (κ3) is 0.439. The first kappa shape index (κ1) is 5.16. The number of fused-ring (bicyclic) bond motifs is 1. The maximum Gasteiger partial charge on any atom is 0.309 e. The average Bonchev–Trinajstić information content (AvgIpc) is 2.41. The Bertz CT molecular complexity index is 360. The summed E-state index contributed by atoms with van der Waals surface area (Å²) >= 11 is 0. The van der Waals surface area contributed by atoms with E-state index in [9.17, 15) is 0 Å². The molecule has 0 amide bonds. The van der Waals surface area contributed by atoms with Crippen LogP contribution in [-0.2, 0) is 0 Å². The highest BCUT2D eigenvalue weighted by atomic mass is 16.4. The zero-order chi connectivity index (χ0) is 7.14. The molecule has 0 saturated heterocycles.